The Balaban J connectivity index is 2.68. The van der Waals surface area contributed by atoms with Crippen LogP contribution >= 0.6 is 0 Å². The SMILES string of the molecule is C[N+](C)(C)CC(=O)N/N=C/c1ccccc1C(=O)O. The summed E-state index contributed by atoms with van der Waals surface area (Å²) in [6, 6.07) is 6.45. The molecule has 0 saturated carbocycles. The van der Waals surface area contributed by atoms with Crippen LogP contribution in [-0.2, 0) is 4.79 Å². The first-order chi connectivity index (χ1) is 8.79. The molecule has 0 spiro atoms. The molecule has 0 bridgehead atoms. The molecule has 0 unspecified atom stereocenters. The van der Waals surface area contributed by atoms with E-state index < -0.39 is 5.97 Å². The normalized spacial score (nSPS) is 11.5. The third kappa shape index (κ3) is 5.31. The van der Waals surface area contributed by atoms with Crippen LogP contribution < -0.4 is 5.43 Å². The second-order valence-electron chi connectivity index (χ2n) is 5.13. The van der Waals surface area contributed by atoms with Crippen LogP contribution in [0.4, 0.5) is 0 Å². The second-order valence-corrected chi connectivity index (χ2v) is 5.13. The highest BCUT2D eigenvalue weighted by atomic mass is 16.4. The van der Waals surface area contributed by atoms with Crippen molar-refractivity contribution in [3.63, 3.8) is 0 Å². The molecule has 1 amide bonds. The van der Waals surface area contributed by atoms with Crippen molar-refractivity contribution in [2.75, 3.05) is 27.7 Å². The van der Waals surface area contributed by atoms with E-state index in [2.05, 4.69) is 10.5 Å². The summed E-state index contributed by atoms with van der Waals surface area (Å²) in [6.07, 6.45) is 1.33. The number of carbonyl (C=O) groups is 2. The molecule has 2 N–H and O–H groups in total. The summed E-state index contributed by atoms with van der Waals surface area (Å²) in [4.78, 5) is 22.5. The first kappa shape index (κ1) is 14.8. The van der Waals surface area contributed by atoms with E-state index in [0.717, 1.165) is 0 Å². The van der Waals surface area contributed by atoms with Gasteiger partial charge in [0, 0.05) is 5.56 Å². The molecule has 0 saturated heterocycles. The van der Waals surface area contributed by atoms with Gasteiger partial charge in [-0.2, -0.15) is 5.10 Å². The van der Waals surface area contributed by atoms with Crippen LogP contribution in [0.15, 0.2) is 29.4 Å². The number of quaternary nitrogens is 1. The van der Waals surface area contributed by atoms with Gasteiger partial charge in [0.1, 0.15) is 0 Å². The summed E-state index contributed by atoms with van der Waals surface area (Å²) in [7, 11) is 5.68. The summed E-state index contributed by atoms with van der Waals surface area (Å²) >= 11 is 0. The number of carboxylic acid groups (broad SMARTS) is 1. The van der Waals surface area contributed by atoms with Crippen molar-refractivity contribution in [1.82, 2.24) is 5.43 Å². The minimum atomic E-state index is -1.03. The van der Waals surface area contributed by atoms with Crippen LogP contribution in [0.2, 0.25) is 0 Å². The third-order valence-electron chi connectivity index (χ3n) is 2.20. The van der Waals surface area contributed by atoms with E-state index in [0.29, 0.717) is 10.0 Å². The van der Waals surface area contributed by atoms with E-state index in [1.807, 2.05) is 21.1 Å². The molecule has 0 fully saturated rings. The van der Waals surface area contributed by atoms with Crippen molar-refractivity contribution in [2.45, 2.75) is 0 Å². The van der Waals surface area contributed by atoms with Crippen LogP contribution in [-0.4, -0.2) is 55.4 Å². The quantitative estimate of drug-likeness (QED) is 0.463. The first-order valence-corrected chi connectivity index (χ1v) is 5.74. The van der Waals surface area contributed by atoms with E-state index in [4.69, 9.17) is 5.11 Å². The number of carbonyl (C=O) groups excluding carboxylic acids is 1. The number of carboxylic acids is 1. The predicted molar refractivity (Wildman–Crippen MR) is 72.0 cm³/mol. The zero-order valence-electron chi connectivity index (χ0n) is 11.3. The number of hydrazone groups is 1. The lowest BCUT2D eigenvalue weighted by atomic mass is 10.1. The maximum absolute atomic E-state index is 11.5. The fourth-order valence-electron chi connectivity index (χ4n) is 1.44. The summed E-state index contributed by atoms with van der Waals surface area (Å²) in [5.74, 6) is -1.25. The highest BCUT2D eigenvalue weighted by molar-refractivity contribution is 5.98. The molecule has 0 aliphatic rings. The molecule has 1 aromatic carbocycles. The van der Waals surface area contributed by atoms with Gasteiger partial charge in [-0.3, -0.25) is 4.79 Å². The van der Waals surface area contributed by atoms with Crippen molar-refractivity contribution in [1.29, 1.82) is 0 Å². The molecule has 6 nitrogen and oxygen atoms in total. The zero-order valence-corrected chi connectivity index (χ0v) is 11.3. The van der Waals surface area contributed by atoms with Gasteiger partial charge in [-0.1, -0.05) is 18.2 Å². The molecule has 0 aliphatic heterocycles. The summed E-state index contributed by atoms with van der Waals surface area (Å²) < 4.78 is 0.493. The molecular formula is C13H18N3O3+. The Bertz CT molecular complexity index is 504. The van der Waals surface area contributed by atoms with Crippen molar-refractivity contribution >= 4 is 18.1 Å². The predicted octanol–water partition coefficient (Wildman–Crippen LogP) is 0.541. The number of hydrogen-bond donors (Lipinski definition) is 2. The van der Waals surface area contributed by atoms with Crippen LogP contribution in [0.1, 0.15) is 15.9 Å². The summed E-state index contributed by atoms with van der Waals surface area (Å²) in [5.41, 5.74) is 2.97. The molecule has 6 heteroatoms. The molecule has 0 atom stereocenters. The molecule has 0 radical (unpaired) electrons. The van der Waals surface area contributed by atoms with Gasteiger partial charge in [-0.15, -0.1) is 0 Å². The summed E-state index contributed by atoms with van der Waals surface area (Å²) in [6.45, 7) is 0.290. The van der Waals surface area contributed by atoms with Crippen molar-refractivity contribution in [3.8, 4) is 0 Å². The van der Waals surface area contributed by atoms with Crippen LogP contribution in [0.5, 0.6) is 0 Å². The lowest BCUT2D eigenvalue weighted by molar-refractivity contribution is -0.862. The van der Waals surface area contributed by atoms with Crippen LogP contribution in [0.3, 0.4) is 0 Å². The van der Waals surface area contributed by atoms with Crippen molar-refractivity contribution in [3.05, 3.63) is 35.4 Å². The van der Waals surface area contributed by atoms with Crippen LogP contribution in [0, 0.1) is 0 Å². The van der Waals surface area contributed by atoms with E-state index in [1.54, 1.807) is 18.2 Å². The Kier molecular flexibility index (Phi) is 4.77. The highest BCUT2D eigenvalue weighted by Gasteiger charge is 2.13. The zero-order chi connectivity index (χ0) is 14.5. The monoisotopic (exact) mass is 264 g/mol. The average molecular weight is 264 g/mol. The Morgan fingerprint density at radius 2 is 1.95 bits per heavy atom. The Labute approximate surface area is 111 Å². The summed E-state index contributed by atoms with van der Waals surface area (Å²) in [5, 5.41) is 12.7. The van der Waals surface area contributed by atoms with Crippen molar-refractivity contribution in [2.24, 2.45) is 5.10 Å². The number of aromatic carboxylic acids is 1. The van der Waals surface area contributed by atoms with Gasteiger partial charge in [0.25, 0.3) is 5.91 Å². The molecule has 102 valence electrons. The Morgan fingerprint density at radius 3 is 2.53 bits per heavy atom. The second kappa shape index (κ2) is 6.10. The van der Waals surface area contributed by atoms with Gasteiger partial charge in [-0.05, 0) is 6.07 Å². The van der Waals surface area contributed by atoms with Gasteiger partial charge in [0.2, 0.25) is 0 Å². The van der Waals surface area contributed by atoms with Gasteiger partial charge >= 0.3 is 5.97 Å². The molecule has 0 aromatic heterocycles. The minimum Gasteiger partial charge on any atom is -0.478 e. The number of hydrogen-bond acceptors (Lipinski definition) is 3. The fraction of sp³-hybridized carbons (Fsp3) is 0.308. The Morgan fingerprint density at radius 1 is 1.32 bits per heavy atom. The Hall–Kier alpha value is -2.21. The molecule has 0 heterocycles. The van der Waals surface area contributed by atoms with E-state index in [-0.39, 0.29) is 18.0 Å². The van der Waals surface area contributed by atoms with E-state index >= 15 is 0 Å². The first-order valence-electron chi connectivity index (χ1n) is 5.74. The van der Waals surface area contributed by atoms with Gasteiger partial charge in [0.15, 0.2) is 6.54 Å². The maximum Gasteiger partial charge on any atom is 0.336 e. The molecular weight excluding hydrogens is 246 g/mol. The lowest BCUT2D eigenvalue weighted by Crippen LogP contribution is -2.43. The number of likely N-dealkylation sites (N-methyl/N-ethyl adjacent to an activating group) is 1. The number of nitrogens with one attached hydrogen (secondary N) is 1. The van der Waals surface area contributed by atoms with Gasteiger partial charge in [0.05, 0.1) is 32.9 Å². The molecule has 0 aliphatic carbocycles. The maximum atomic E-state index is 11.5. The van der Waals surface area contributed by atoms with Crippen molar-refractivity contribution < 1.29 is 19.2 Å². The minimum absolute atomic E-state index is 0.145. The van der Waals surface area contributed by atoms with E-state index in [1.165, 1.54) is 12.3 Å². The third-order valence-corrected chi connectivity index (χ3v) is 2.20. The molecule has 1 rings (SSSR count). The standard InChI is InChI=1S/C13H17N3O3/c1-16(2,3)9-12(17)15-14-8-10-6-4-5-7-11(10)13(18)19/h4-8H,9H2,1-3H3,(H-,15,17,18,19)/p+1/b14-8+. The largest absolute Gasteiger partial charge is 0.478 e. The number of rotatable bonds is 5. The number of benzene rings is 1. The van der Waals surface area contributed by atoms with Gasteiger partial charge in [-0.25, -0.2) is 10.2 Å². The highest BCUT2D eigenvalue weighted by Crippen LogP contribution is 2.05. The van der Waals surface area contributed by atoms with Crippen LogP contribution in [0.25, 0.3) is 0 Å². The lowest BCUT2D eigenvalue weighted by Gasteiger charge is -2.21. The fourth-order valence-corrected chi connectivity index (χ4v) is 1.44. The van der Waals surface area contributed by atoms with E-state index in [9.17, 15) is 9.59 Å². The molecule has 19 heavy (non-hydrogen) atoms. The number of nitrogens with zero attached hydrogens (tertiary/aromatic N) is 2. The number of amides is 1. The van der Waals surface area contributed by atoms with Gasteiger partial charge < -0.3 is 9.59 Å². The molecule has 1 aromatic rings. The average Bonchev–Trinajstić information content (AvgIpc) is 2.27. The smallest absolute Gasteiger partial charge is 0.336 e. The topological polar surface area (TPSA) is 78.8 Å².